The highest BCUT2D eigenvalue weighted by atomic mass is 35.5. The van der Waals surface area contributed by atoms with Crippen molar-refractivity contribution in [3.63, 3.8) is 0 Å². The average Bonchev–Trinajstić information content (AvgIpc) is 2.05. The molecule has 0 saturated heterocycles. The molecule has 0 amide bonds. The number of halogens is 1. The van der Waals surface area contributed by atoms with E-state index < -0.39 is 0 Å². The zero-order valence-corrected chi connectivity index (χ0v) is 7.93. The van der Waals surface area contributed by atoms with Crippen molar-refractivity contribution in [3.05, 3.63) is 47.9 Å². The van der Waals surface area contributed by atoms with Gasteiger partial charge in [0.2, 0.25) is 0 Å². The van der Waals surface area contributed by atoms with Gasteiger partial charge in [0.25, 0.3) is 0 Å². The molecular formula is C11H12Cl. The molecule has 1 rings (SSSR count). The molecule has 1 aromatic rings. The summed E-state index contributed by atoms with van der Waals surface area (Å²) in [5.41, 5.74) is 2.40. The normalized spacial score (nSPS) is 11.8. The Hall–Kier alpha value is -0.750. The SMILES string of the molecule is [CH2]C/C=C(/C)c1cccc(Cl)c1. The number of rotatable bonds is 2. The summed E-state index contributed by atoms with van der Waals surface area (Å²) in [6.07, 6.45) is 2.91. The van der Waals surface area contributed by atoms with Crippen LogP contribution < -0.4 is 0 Å². The van der Waals surface area contributed by atoms with Gasteiger partial charge in [-0.25, -0.2) is 0 Å². The highest BCUT2D eigenvalue weighted by Gasteiger charge is 1.94. The van der Waals surface area contributed by atoms with E-state index in [4.69, 9.17) is 11.6 Å². The van der Waals surface area contributed by atoms with Crippen LogP contribution in [-0.2, 0) is 0 Å². The van der Waals surface area contributed by atoms with Gasteiger partial charge in [-0.15, -0.1) is 0 Å². The highest BCUT2D eigenvalue weighted by molar-refractivity contribution is 6.30. The van der Waals surface area contributed by atoms with Crippen molar-refractivity contribution in [2.45, 2.75) is 13.3 Å². The van der Waals surface area contributed by atoms with Gasteiger partial charge in [0.15, 0.2) is 0 Å². The number of hydrogen-bond donors (Lipinski definition) is 0. The Kier molecular flexibility index (Phi) is 3.36. The molecule has 1 heteroatoms. The molecule has 0 nitrogen and oxygen atoms in total. The van der Waals surface area contributed by atoms with Crippen molar-refractivity contribution in [1.82, 2.24) is 0 Å². The molecule has 0 atom stereocenters. The molecule has 0 fully saturated rings. The molecule has 1 aromatic carbocycles. The maximum absolute atomic E-state index is 5.85. The van der Waals surface area contributed by atoms with Crippen LogP contribution in [0.3, 0.4) is 0 Å². The van der Waals surface area contributed by atoms with Crippen LogP contribution in [0.4, 0.5) is 0 Å². The van der Waals surface area contributed by atoms with Gasteiger partial charge in [-0.2, -0.15) is 0 Å². The maximum Gasteiger partial charge on any atom is 0.0412 e. The van der Waals surface area contributed by atoms with Crippen LogP contribution in [0.5, 0.6) is 0 Å². The fourth-order valence-corrected chi connectivity index (χ4v) is 1.26. The molecule has 0 unspecified atom stereocenters. The van der Waals surface area contributed by atoms with Crippen LogP contribution in [-0.4, -0.2) is 0 Å². The molecule has 0 aliphatic heterocycles. The van der Waals surface area contributed by atoms with E-state index in [9.17, 15) is 0 Å². The van der Waals surface area contributed by atoms with Gasteiger partial charge in [0, 0.05) is 5.02 Å². The lowest BCUT2D eigenvalue weighted by Crippen LogP contribution is -1.78. The molecule has 0 heterocycles. The second-order valence-corrected chi connectivity index (χ2v) is 3.12. The van der Waals surface area contributed by atoms with E-state index in [-0.39, 0.29) is 0 Å². The quantitative estimate of drug-likeness (QED) is 0.645. The average molecular weight is 180 g/mol. The lowest BCUT2D eigenvalue weighted by atomic mass is 10.1. The fourth-order valence-electron chi connectivity index (χ4n) is 1.07. The molecule has 0 saturated carbocycles. The Bertz CT molecular complexity index is 287. The molecule has 12 heavy (non-hydrogen) atoms. The summed E-state index contributed by atoms with van der Waals surface area (Å²) in [5.74, 6) is 0. The Labute approximate surface area is 78.9 Å². The van der Waals surface area contributed by atoms with Crippen LogP contribution >= 0.6 is 11.6 Å². The van der Waals surface area contributed by atoms with Crippen LogP contribution in [0.2, 0.25) is 5.02 Å². The largest absolute Gasteiger partial charge is 0.0843 e. The van der Waals surface area contributed by atoms with Crippen molar-refractivity contribution in [3.8, 4) is 0 Å². The minimum atomic E-state index is 0.782. The Morgan fingerprint density at radius 2 is 2.33 bits per heavy atom. The lowest BCUT2D eigenvalue weighted by Gasteiger charge is -2.00. The zero-order valence-electron chi connectivity index (χ0n) is 7.18. The molecule has 0 bridgehead atoms. The monoisotopic (exact) mass is 179 g/mol. The number of hydrogen-bond acceptors (Lipinski definition) is 0. The van der Waals surface area contributed by atoms with Gasteiger partial charge in [0.1, 0.15) is 0 Å². The third-order valence-electron chi connectivity index (χ3n) is 1.73. The molecule has 63 valence electrons. The molecular weight excluding hydrogens is 168 g/mol. The van der Waals surface area contributed by atoms with Gasteiger partial charge in [-0.05, 0) is 43.5 Å². The molecule has 1 radical (unpaired) electrons. The summed E-state index contributed by atoms with van der Waals surface area (Å²) in [6.45, 7) is 5.83. The van der Waals surface area contributed by atoms with Crippen LogP contribution in [0, 0.1) is 6.92 Å². The van der Waals surface area contributed by atoms with Gasteiger partial charge in [-0.1, -0.05) is 29.8 Å². The van der Waals surface area contributed by atoms with E-state index in [1.54, 1.807) is 0 Å². The van der Waals surface area contributed by atoms with E-state index in [0.717, 1.165) is 11.4 Å². The van der Waals surface area contributed by atoms with E-state index in [1.165, 1.54) is 11.1 Å². The maximum atomic E-state index is 5.85. The van der Waals surface area contributed by atoms with Crippen LogP contribution in [0.15, 0.2) is 30.3 Å². The van der Waals surface area contributed by atoms with Crippen LogP contribution in [0.1, 0.15) is 18.9 Å². The Balaban J connectivity index is 2.95. The summed E-state index contributed by atoms with van der Waals surface area (Å²) in [4.78, 5) is 0. The van der Waals surface area contributed by atoms with Crippen LogP contribution in [0.25, 0.3) is 5.57 Å². The third kappa shape index (κ3) is 2.38. The summed E-state index contributed by atoms with van der Waals surface area (Å²) in [5, 5.41) is 0.782. The second kappa shape index (κ2) is 4.32. The number of allylic oxidation sites excluding steroid dienone is 2. The highest BCUT2D eigenvalue weighted by Crippen LogP contribution is 2.18. The zero-order chi connectivity index (χ0) is 8.97. The minimum absolute atomic E-state index is 0.782. The Morgan fingerprint density at radius 1 is 1.58 bits per heavy atom. The van der Waals surface area contributed by atoms with E-state index in [0.29, 0.717) is 0 Å². The predicted octanol–water partition coefficient (Wildman–Crippen LogP) is 3.97. The van der Waals surface area contributed by atoms with E-state index >= 15 is 0 Å². The first-order chi connectivity index (χ1) is 5.74. The second-order valence-electron chi connectivity index (χ2n) is 2.69. The summed E-state index contributed by atoms with van der Waals surface area (Å²) < 4.78 is 0. The first-order valence-electron chi connectivity index (χ1n) is 3.96. The van der Waals surface area contributed by atoms with Crippen molar-refractivity contribution in [2.24, 2.45) is 0 Å². The van der Waals surface area contributed by atoms with Crippen molar-refractivity contribution < 1.29 is 0 Å². The minimum Gasteiger partial charge on any atom is -0.0843 e. The summed E-state index contributed by atoms with van der Waals surface area (Å²) >= 11 is 5.85. The predicted molar refractivity (Wildman–Crippen MR) is 55.1 cm³/mol. The fraction of sp³-hybridized carbons (Fsp3) is 0.182. The smallest absolute Gasteiger partial charge is 0.0412 e. The molecule has 0 aliphatic rings. The van der Waals surface area contributed by atoms with Crippen molar-refractivity contribution in [2.75, 3.05) is 0 Å². The van der Waals surface area contributed by atoms with Gasteiger partial charge < -0.3 is 0 Å². The molecule has 0 spiro atoms. The van der Waals surface area contributed by atoms with Crippen molar-refractivity contribution in [1.29, 1.82) is 0 Å². The van der Waals surface area contributed by atoms with Crippen molar-refractivity contribution >= 4 is 17.2 Å². The summed E-state index contributed by atoms with van der Waals surface area (Å²) in [7, 11) is 0. The van der Waals surface area contributed by atoms with E-state index in [2.05, 4.69) is 19.9 Å². The third-order valence-corrected chi connectivity index (χ3v) is 1.97. The molecule has 0 aromatic heterocycles. The standard InChI is InChI=1S/C11H12Cl/c1-3-5-9(2)10-6-4-7-11(12)8-10/h4-8H,1,3H2,2H3/b9-5-. The lowest BCUT2D eigenvalue weighted by molar-refractivity contribution is 1.38. The topological polar surface area (TPSA) is 0 Å². The van der Waals surface area contributed by atoms with Gasteiger partial charge in [-0.3, -0.25) is 0 Å². The first-order valence-corrected chi connectivity index (χ1v) is 4.34. The van der Waals surface area contributed by atoms with Gasteiger partial charge in [0.05, 0.1) is 0 Å². The van der Waals surface area contributed by atoms with Gasteiger partial charge >= 0.3 is 0 Å². The van der Waals surface area contributed by atoms with E-state index in [1.807, 2.05) is 24.3 Å². The molecule has 0 N–H and O–H groups in total. The number of benzene rings is 1. The first kappa shape index (κ1) is 9.34. The molecule has 0 aliphatic carbocycles. The Morgan fingerprint density at radius 3 is 2.92 bits per heavy atom. The summed E-state index contributed by atoms with van der Waals surface area (Å²) in [6, 6.07) is 7.84.